The Bertz CT molecular complexity index is 1090. The second-order valence-corrected chi connectivity index (χ2v) is 8.23. The van der Waals surface area contributed by atoms with E-state index in [-0.39, 0.29) is 10.8 Å². The molecular weight excluding hydrogens is 392 g/mol. The maximum Gasteiger partial charge on any atom is 0.257 e. The van der Waals surface area contributed by atoms with Crippen LogP contribution in [-0.4, -0.2) is 41.9 Å². The van der Waals surface area contributed by atoms with Gasteiger partial charge in [0.15, 0.2) is 5.82 Å². The van der Waals surface area contributed by atoms with Gasteiger partial charge in [0.2, 0.25) is 10.0 Å². The number of amides is 1. The molecule has 1 aromatic heterocycles. The van der Waals surface area contributed by atoms with Crippen LogP contribution in [0.1, 0.15) is 30.0 Å². The van der Waals surface area contributed by atoms with Gasteiger partial charge in [0.25, 0.3) is 11.8 Å². The van der Waals surface area contributed by atoms with Crippen molar-refractivity contribution >= 4 is 21.6 Å². The Balaban J connectivity index is 1.71. The molecule has 3 rings (SSSR count). The number of benzene rings is 2. The van der Waals surface area contributed by atoms with Gasteiger partial charge in [-0.15, -0.1) is 0 Å². The molecule has 2 aromatic carbocycles. The Morgan fingerprint density at radius 1 is 1.03 bits per heavy atom. The average Bonchev–Trinajstić information content (AvgIpc) is 3.15. The smallest absolute Gasteiger partial charge is 0.257 e. The standard InChI is InChI=1S/C20H22N4O4S/c1-4-24(5-2)29(26,27)18-12-10-17(11-13-18)22-19(25)15-6-8-16(9-7-15)20-21-14(3)23-28-20/h6-13H,4-5H2,1-3H3,(H,22,25). The monoisotopic (exact) mass is 414 g/mol. The van der Waals surface area contributed by atoms with E-state index in [1.807, 2.05) is 0 Å². The van der Waals surface area contributed by atoms with Gasteiger partial charge in [0.1, 0.15) is 0 Å². The van der Waals surface area contributed by atoms with Crippen molar-refractivity contribution in [1.82, 2.24) is 14.4 Å². The van der Waals surface area contributed by atoms with Gasteiger partial charge in [0.05, 0.1) is 4.90 Å². The van der Waals surface area contributed by atoms with Gasteiger partial charge in [-0.2, -0.15) is 9.29 Å². The highest BCUT2D eigenvalue weighted by Crippen LogP contribution is 2.20. The highest BCUT2D eigenvalue weighted by Gasteiger charge is 2.21. The van der Waals surface area contributed by atoms with Crippen LogP contribution in [0.15, 0.2) is 57.9 Å². The maximum atomic E-state index is 12.5. The number of nitrogens with zero attached hydrogens (tertiary/aromatic N) is 3. The second-order valence-electron chi connectivity index (χ2n) is 6.29. The number of carbonyl (C=O) groups is 1. The van der Waals surface area contributed by atoms with Gasteiger partial charge in [-0.1, -0.05) is 19.0 Å². The van der Waals surface area contributed by atoms with Gasteiger partial charge in [-0.05, 0) is 55.5 Å². The molecule has 29 heavy (non-hydrogen) atoms. The first-order valence-corrected chi connectivity index (χ1v) is 10.6. The third-order valence-electron chi connectivity index (χ3n) is 4.38. The highest BCUT2D eigenvalue weighted by atomic mass is 32.2. The molecule has 1 amide bonds. The maximum absolute atomic E-state index is 12.5. The van der Waals surface area contributed by atoms with Crippen molar-refractivity contribution in [3.05, 3.63) is 59.9 Å². The van der Waals surface area contributed by atoms with Crippen molar-refractivity contribution in [1.29, 1.82) is 0 Å². The van der Waals surface area contributed by atoms with Gasteiger partial charge >= 0.3 is 0 Å². The van der Waals surface area contributed by atoms with Crippen LogP contribution in [-0.2, 0) is 10.0 Å². The first kappa shape index (κ1) is 20.7. The first-order chi connectivity index (χ1) is 13.8. The van der Waals surface area contributed by atoms with E-state index in [1.165, 1.54) is 16.4 Å². The molecule has 0 radical (unpaired) electrons. The van der Waals surface area contributed by atoms with E-state index < -0.39 is 10.0 Å². The number of anilines is 1. The van der Waals surface area contributed by atoms with E-state index in [4.69, 9.17) is 4.52 Å². The molecule has 0 spiro atoms. The summed E-state index contributed by atoms with van der Waals surface area (Å²) in [7, 11) is -3.53. The third kappa shape index (κ3) is 4.52. The Morgan fingerprint density at radius 3 is 2.17 bits per heavy atom. The minimum absolute atomic E-state index is 0.193. The van der Waals surface area contributed by atoms with Gasteiger partial charge in [0, 0.05) is 29.9 Å². The number of aromatic nitrogens is 2. The Morgan fingerprint density at radius 2 is 1.66 bits per heavy atom. The summed E-state index contributed by atoms with van der Waals surface area (Å²) in [4.78, 5) is 16.8. The summed E-state index contributed by atoms with van der Waals surface area (Å²) in [6.45, 7) is 6.11. The minimum atomic E-state index is -3.53. The molecule has 8 nitrogen and oxygen atoms in total. The largest absolute Gasteiger partial charge is 0.334 e. The third-order valence-corrected chi connectivity index (χ3v) is 6.44. The minimum Gasteiger partial charge on any atom is -0.334 e. The SMILES string of the molecule is CCN(CC)S(=O)(=O)c1ccc(NC(=O)c2ccc(-c3nc(C)no3)cc2)cc1. The van der Waals surface area contributed by atoms with Gasteiger partial charge < -0.3 is 9.84 Å². The average molecular weight is 414 g/mol. The molecule has 9 heteroatoms. The number of carbonyl (C=O) groups excluding carboxylic acids is 1. The molecule has 1 N–H and O–H groups in total. The van der Waals surface area contributed by atoms with Crippen molar-refractivity contribution in [3.8, 4) is 11.5 Å². The molecule has 0 atom stereocenters. The second kappa shape index (κ2) is 8.54. The summed E-state index contributed by atoms with van der Waals surface area (Å²) in [6, 6.07) is 12.9. The van der Waals surface area contributed by atoms with E-state index in [0.29, 0.717) is 41.6 Å². The predicted molar refractivity (Wildman–Crippen MR) is 109 cm³/mol. The summed E-state index contributed by atoms with van der Waals surface area (Å²) in [6.07, 6.45) is 0. The topological polar surface area (TPSA) is 105 Å². The van der Waals surface area contributed by atoms with E-state index >= 15 is 0 Å². The lowest BCUT2D eigenvalue weighted by Crippen LogP contribution is -2.30. The van der Waals surface area contributed by atoms with E-state index in [0.717, 1.165) is 0 Å². The first-order valence-electron chi connectivity index (χ1n) is 9.17. The molecule has 0 unspecified atom stereocenters. The van der Waals surface area contributed by atoms with Crippen molar-refractivity contribution in [3.63, 3.8) is 0 Å². The Kier molecular flexibility index (Phi) is 6.09. The molecule has 0 bridgehead atoms. The molecule has 0 aliphatic carbocycles. The molecular formula is C20H22N4O4S. The van der Waals surface area contributed by atoms with Gasteiger partial charge in [-0.3, -0.25) is 4.79 Å². The zero-order valence-electron chi connectivity index (χ0n) is 16.4. The fourth-order valence-corrected chi connectivity index (χ4v) is 4.26. The van der Waals surface area contributed by atoms with Crippen molar-refractivity contribution in [2.75, 3.05) is 18.4 Å². The summed E-state index contributed by atoms with van der Waals surface area (Å²) in [5.41, 5.74) is 1.67. The number of hydrogen-bond donors (Lipinski definition) is 1. The van der Waals surface area contributed by atoms with Crippen LogP contribution in [0.3, 0.4) is 0 Å². The molecule has 1 heterocycles. The summed E-state index contributed by atoms with van der Waals surface area (Å²) >= 11 is 0. The molecule has 0 aliphatic heterocycles. The molecule has 0 saturated heterocycles. The molecule has 0 saturated carbocycles. The van der Waals surface area contributed by atoms with Crippen LogP contribution in [0.4, 0.5) is 5.69 Å². The number of nitrogens with one attached hydrogen (secondary N) is 1. The quantitative estimate of drug-likeness (QED) is 0.636. The van der Waals surface area contributed by atoms with E-state index in [2.05, 4.69) is 15.5 Å². The van der Waals surface area contributed by atoms with Crippen LogP contribution >= 0.6 is 0 Å². The summed E-state index contributed by atoms with van der Waals surface area (Å²) in [5, 5.41) is 6.50. The van der Waals surface area contributed by atoms with E-state index in [9.17, 15) is 13.2 Å². The van der Waals surface area contributed by atoms with Crippen molar-refractivity contribution < 1.29 is 17.7 Å². The molecule has 0 aliphatic rings. The zero-order valence-corrected chi connectivity index (χ0v) is 17.2. The van der Waals surface area contributed by atoms with Crippen molar-refractivity contribution in [2.45, 2.75) is 25.7 Å². The van der Waals surface area contributed by atoms with Crippen LogP contribution in [0.5, 0.6) is 0 Å². The molecule has 152 valence electrons. The number of sulfonamides is 1. The normalized spacial score (nSPS) is 11.6. The Labute approximate surface area is 169 Å². The number of hydrogen-bond acceptors (Lipinski definition) is 6. The lowest BCUT2D eigenvalue weighted by atomic mass is 10.1. The summed E-state index contributed by atoms with van der Waals surface area (Å²) in [5.74, 6) is 0.616. The van der Waals surface area contributed by atoms with E-state index in [1.54, 1.807) is 57.2 Å². The van der Waals surface area contributed by atoms with Crippen LogP contribution < -0.4 is 5.32 Å². The summed E-state index contributed by atoms with van der Waals surface area (Å²) < 4.78 is 31.5. The predicted octanol–water partition coefficient (Wildman–Crippen LogP) is 3.33. The van der Waals surface area contributed by atoms with Crippen LogP contribution in [0, 0.1) is 6.92 Å². The van der Waals surface area contributed by atoms with Crippen LogP contribution in [0.25, 0.3) is 11.5 Å². The van der Waals surface area contributed by atoms with Crippen molar-refractivity contribution in [2.24, 2.45) is 0 Å². The fraction of sp³-hybridized carbons (Fsp3) is 0.250. The molecule has 3 aromatic rings. The lowest BCUT2D eigenvalue weighted by molar-refractivity contribution is 0.102. The van der Waals surface area contributed by atoms with Crippen LogP contribution in [0.2, 0.25) is 0 Å². The molecule has 0 fully saturated rings. The zero-order chi connectivity index (χ0) is 21.0. The number of rotatable bonds is 7. The Hall–Kier alpha value is -3.04. The number of aryl methyl sites for hydroxylation is 1. The van der Waals surface area contributed by atoms with Gasteiger partial charge in [-0.25, -0.2) is 8.42 Å². The lowest BCUT2D eigenvalue weighted by Gasteiger charge is -2.18. The fourth-order valence-electron chi connectivity index (χ4n) is 2.80. The highest BCUT2D eigenvalue weighted by molar-refractivity contribution is 7.89.